The summed E-state index contributed by atoms with van der Waals surface area (Å²) in [6.45, 7) is 7.15. The monoisotopic (exact) mass is 209 g/mol. The summed E-state index contributed by atoms with van der Waals surface area (Å²) in [6, 6.07) is 0. The van der Waals surface area contributed by atoms with Gasteiger partial charge in [0, 0.05) is 6.54 Å². The van der Waals surface area contributed by atoms with Crippen molar-refractivity contribution in [3.63, 3.8) is 0 Å². The van der Waals surface area contributed by atoms with Crippen molar-refractivity contribution in [1.82, 2.24) is 10.6 Å². The summed E-state index contributed by atoms with van der Waals surface area (Å²) >= 11 is 0. The number of aliphatic imine (C=N–C) groups is 1. The first-order valence-electron chi connectivity index (χ1n) is 5.66. The standard InChI is InChI=1S/C11H19N3O/c1-7(2)6-12-10-13-9(15)11(14-10)4-8(3)5-11/h7-8H,4-6H2,1-3H3,(H2,12,13,14,15). The van der Waals surface area contributed by atoms with Crippen LogP contribution in [0.1, 0.15) is 33.6 Å². The molecule has 1 heterocycles. The minimum absolute atomic E-state index is 0.100. The molecule has 4 nitrogen and oxygen atoms in total. The molecule has 0 aromatic heterocycles. The van der Waals surface area contributed by atoms with Gasteiger partial charge in [0.05, 0.1) is 0 Å². The first-order chi connectivity index (χ1) is 7.02. The van der Waals surface area contributed by atoms with E-state index in [1.165, 1.54) is 0 Å². The lowest BCUT2D eigenvalue weighted by Crippen LogP contribution is -2.56. The molecule has 15 heavy (non-hydrogen) atoms. The third kappa shape index (κ3) is 1.85. The summed E-state index contributed by atoms with van der Waals surface area (Å²) in [4.78, 5) is 16.1. The third-order valence-electron chi connectivity index (χ3n) is 3.03. The van der Waals surface area contributed by atoms with Gasteiger partial charge in [-0.15, -0.1) is 0 Å². The lowest BCUT2D eigenvalue weighted by atomic mass is 9.69. The molecule has 0 aromatic carbocycles. The molecule has 2 rings (SSSR count). The zero-order valence-corrected chi connectivity index (χ0v) is 9.63. The molecule has 1 aliphatic carbocycles. The molecule has 84 valence electrons. The van der Waals surface area contributed by atoms with Crippen molar-refractivity contribution < 1.29 is 4.79 Å². The number of nitrogens with zero attached hydrogens (tertiary/aromatic N) is 1. The molecule has 4 heteroatoms. The van der Waals surface area contributed by atoms with Crippen molar-refractivity contribution in [2.45, 2.75) is 39.2 Å². The summed E-state index contributed by atoms with van der Waals surface area (Å²) in [5.41, 5.74) is -0.324. The Morgan fingerprint density at radius 3 is 2.73 bits per heavy atom. The first-order valence-corrected chi connectivity index (χ1v) is 5.66. The highest BCUT2D eigenvalue weighted by Crippen LogP contribution is 2.39. The van der Waals surface area contributed by atoms with E-state index in [0.29, 0.717) is 17.8 Å². The predicted octanol–water partition coefficient (Wildman–Crippen LogP) is 0.886. The second-order valence-corrected chi connectivity index (χ2v) is 5.26. The van der Waals surface area contributed by atoms with E-state index in [-0.39, 0.29) is 11.4 Å². The molecule has 1 saturated heterocycles. The molecule has 0 radical (unpaired) electrons. The Balaban J connectivity index is 1.98. The fourth-order valence-electron chi connectivity index (χ4n) is 2.31. The topological polar surface area (TPSA) is 53.5 Å². The van der Waals surface area contributed by atoms with Crippen LogP contribution in [0.5, 0.6) is 0 Å². The highest BCUT2D eigenvalue weighted by molar-refractivity contribution is 6.09. The minimum Gasteiger partial charge on any atom is -0.342 e. The summed E-state index contributed by atoms with van der Waals surface area (Å²) in [6.07, 6.45) is 1.86. The average molecular weight is 209 g/mol. The normalized spacial score (nSPS) is 36.9. The number of hydrogen-bond donors (Lipinski definition) is 2. The Hall–Kier alpha value is -1.06. The van der Waals surface area contributed by atoms with Crippen LogP contribution >= 0.6 is 0 Å². The summed E-state index contributed by atoms with van der Waals surface area (Å²) < 4.78 is 0. The Bertz CT molecular complexity index is 303. The Labute approximate surface area is 90.5 Å². The lowest BCUT2D eigenvalue weighted by Gasteiger charge is -2.40. The van der Waals surface area contributed by atoms with E-state index in [4.69, 9.17) is 0 Å². The molecule has 2 N–H and O–H groups in total. The van der Waals surface area contributed by atoms with Gasteiger partial charge in [0.1, 0.15) is 5.54 Å². The first kappa shape index (κ1) is 10.5. The van der Waals surface area contributed by atoms with Gasteiger partial charge < -0.3 is 5.32 Å². The Morgan fingerprint density at radius 2 is 2.20 bits per heavy atom. The van der Waals surface area contributed by atoms with E-state index in [2.05, 4.69) is 36.4 Å². The van der Waals surface area contributed by atoms with Crippen LogP contribution in [-0.4, -0.2) is 24.0 Å². The van der Waals surface area contributed by atoms with Gasteiger partial charge in [-0.2, -0.15) is 0 Å². The van der Waals surface area contributed by atoms with Gasteiger partial charge in [-0.25, -0.2) is 0 Å². The predicted molar refractivity (Wildman–Crippen MR) is 59.5 cm³/mol. The summed E-state index contributed by atoms with van der Waals surface area (Å²) in [5.74, 6) is 1.93. The van der Waals surface area contributed by atoms with Crippen molar-refractivity contribution in [2.24, 2.45) is 16.8 Å². The van der Waals surface area contributed by atoms with Gasteiger partial charge in [0.25, 0.3) is 5.91 Å². The van der Waals surface area contributed by atoms with Gasteiger partial charge in [-0.05, 0) is 24.7 Å². The third-order valence-corrected chi connectivity index (χ3v) is 3.03. The van der Waals surface area contributed by atoms with Crippen LogP contribution in [0.2, 0.25) is 0 Å². The number of carbonyl (C=O) groups is 1. The van der Waals surface area contributed by atoms with Crippen LogP contribution in [0, 0.1) is 11.8 Å². The largest absolute Gasteiger partial charge is 0.342 e. The molecule has 1 aliphatic heterocycles. The van der Waals surface area contributed by atoms with E-state index < -0.39 is 0 Å². The van der Waals surface area contributed by atoms with Crippen LogP contribution in [0.15, 0.2) is 4.99 Å². The Kier molecular flexibility index (Phi) is 2.44. The van der Waals surface area contributed by atoms with Gasteiger partial charge in [-0.1, -0.05) is 20.8 Å². The molecule has 0 bridgehead atoms. The molecule has 2 aliphatic rings. The van der Waals surface area contributed by atoms with Gasteiger partial charge in [0.15, 0.2) is 5.96 Å². The summed E-state index contributed by atoms with van der Waals surface area (Å²) in [5, 5.41) is 6.05. The average Bonchev–Trinajstić information content (AvgIpc) is 2.40. The maximum Gasteiger partial charge on any atom is 0.252 e. The number of nitrogens with one attached hydrogen (secondary N) is 2. The number of carbonyl (C=O) groups excluding carboxylic acids is 1. The molecule has 1 saturated carbocycles. The van der Waals surface area contributed by atoms with Crippen molar-refractivity contribution in [3.05, 3.63) is 0 Å². The van der Waals surface area contributed by atoms with E-state index in [1.54, 1.807) is 0 Å². The SMILES string of the molecule is CC(C)CN=C1NC(=O)C2(CC(C)C2)N1. The van der Waals surface area contributed by atoms with Crippen LogP contribution < -0.4 is 10.6 Å². The maximum absolute atomic E-state index is 11.7. The minimum atomic E-state index is -0.324. The van der Waals surface area contributed by atoms with Crippen molar-refractivity contribution in [3.8, 4) is 0 Å². The number of rotatable bonds is 2. The second-order valence-electron chi connectivity index (χ2n) is 5.26. The van der Waals surface area contributed by atoms with Crippen LogP contribution in [-0.2, 0) is 4.79 Å². The fraction of sp³-hybridized carbons (Fsp3) is 0.818. The quantitative estimate of drug-likeness (QED) is 0.709. The summed E-state index contributed by atoms with van der Waals surface area (Å²) in [7, 11) is 0. The zero-order valence-electron chi connectivity index (χ0n) is 9.63. The molecule has 2 fully saturated rings. The Morgan fingerprint density at radius 1 is 1.53 bits per heavy atom. The van der Waals surface area contributed by atoms with Gasteiger partial charge >= 0.3 is 0 Å². The molecule has 0 aromatic rings. The van der Waals surface area contributed by atoms with E-state index in [1.807, 2.05) is 0 Å². The van der Waals surface area contributed by atoms with Crippen LogP contribution in [0.3, 0.4) is 0 Å². The van der Waals surface area contributed by atoms with E-state index in [9.17, 15) is 4.79 Å². The highest BCUT2D eigenvalue weighted by Gasteiger charge is 2.52. The molecule has 1 spiro atoms. The molecule has 0 unspecified atom stereocenters. The van der Waals surface area contributed by atoms with Crippen molar-refractivity contribution >= 4 is 11.9 Å². The smallest absolute Gasteiger partial charge is 0.252 e. The number of amides is 1. The molecule has 1 amide bonds. The van der Waals surface area contributed by atoms with Crippen molar-refractivity contribution in [1.29, 1.82) is 0 Å². The maximum atomic E-state index is 11.7. The van der Waals surface area contributed by atoms with Crippen molar-refractivity contribution in [2.75, 3.05) is 6.54 Å². The molecular formula is C11H19N3O. The van der Waals surface area contributed by atoms with Crippen LogP contribution in [0.4, 0.5) is 0 Å². The highest BCUT2D eigenvalue weighted by atomic mass is 16.2. The lowest BCUT2D eigenvalue weighted by molar-refractivity contribution is -0.128. The zero-order chi connectivity index (χ0) is 11.1. The van der Waals surface area contributed by atoms with Gasteiger partial charge in [0.2, 0.25) is 0 Å². The number of guanidine groups is 1. The molecule has 0 atom stereocenters. The molecular weight excluding hydrogens is 190 g/mol. The van der Waals surface area contributed by atoms with Gasteiger partial charge in [-0.3, -0.25) is 15.1 Å². The number of hydrogen-bond acceptors (Lipinski definition) is 2. The van der Waals surface area contributed by atoms with Crippen LogP contribution in [0.25, 0.3) is 0 Å². The second kappa shape index (κ2) is 3.51. The fourth-order valence-corrected chi connectivity index (χ4v) is 2.31. The van der Waals surface area contributed by atoms with E-state index in [0.717, 1.165) is 19.4 Å². The van der Waals surface area contributed by atoms with E-state index >= 15 is 0 Å².